The number of allylic oxidation sites excluding steroid dienone is 1. The van der Waals surface area contributed by atoms with Crippen LogP contribution in [0.15, 0.2) is 36.9 Å². The van der Waals surface area contributed by atoms with Gasteiger partial charge in [0.05, 0.1) is 17.9 Å². The number of benzene rings is 1. The monoisotopic (exact) mass is 240 g/mol. The zero-order chi connectivity index (χ0) is 13.4. The van der Waals surface area contributed by atoms with Gasteiger partial charge in [-0.3, -0.25) is 4.79 Å². The molecular formula is C15H16N2O. The first-order chi connectivity index (χ1) is 8.49. The van der Waals surface area contributed by atoms with E-state index in [0.717, 1.165) is 11.3 Å². The van der Waals surface area contributed by atoms with Crippen molar-refractivity contribution in [2.45, 2.75) is 25.7 Å². The van der Waals surface area contributed by atoms with Gasteiger partial charge in [0.25, 0.3) is 0 Å². The normalized spacial score (nSPS) is 21.9. The molecule has 1 aliphatic heterocycles. The minimum atomic E-state index is -0.847. The molecule has 1 aromatic rings. The number of nitriles is 1. The van der Waals surface area contributed by atoms with Crippen LogP contribution >= 0.6 is 0 Å². The molecule has 0 aromatic heterocycles. The quantitative estimate of drug-likeness (QED) is 0.826. The summed E-state index contributed by atoms with van der Waals surface area (Å²) in [5.74, 6) is -0.116. The molecule has 1 heterocycles. The Morgan fingerprint density at radius 2 is 2.17 bits per heavy atom. The van der Waals surface area contributed by atoms with Crippen molar-refractivity contribution < 1.29 is 4.79 Å². The standard InChI is InChI=1S/C15H16N2O/c1-4-14(2,3)15(9-10-16)11-7-5-6-8-12(11)17-13(15)18/h4-8H,1,9H2,2-3H3,(H,17,18). The van der Waals surface area contributed by atoms with Crippen molar-refractivity contribution in [3.05, 3.63) is 42.5 Å². The van der Waals surface area contributed by atoms with E-state index < -0.39 is 10.8 Å². The van der Waals surface area contributed by atoms with Crippen molar-refractivity contribution in [1.82, 2.24) is 0 Å². The van der Waals surface area contributed by atoms with Crippen molar-refractivity contribution in [2.75, 3.05) is 5.32 Å². The molecule has 1 aromatic carbocycles. The lowest BCUT2D eigenvalue weighted by molar-refractivity contribution is -0.123. The fraction of sp³-hybridized carbons (Fsp3) is 0.333. The molecule has 0 fully saturated rings. The molecule has 2 rings (SSSR count). The molecule has 0 bridgehead atoms. The summed E-state index contributed by atoms with van der Waals surface area (Å²) in [5, 5.41) is 12.0. The summed E-state index contributed by atoms with van der Waals surface area (Å²) in [6.45, 7) is 7.71. The van der Waals surface area contributed by atoms with Gasteiger partial charge in [-0.05, 0) is 11.6 Å². The molecule has 0 radical (unpaired) electrons. The highest BCUT2D eigenvalue weighted by Gasteiger charge is 2.55. The summed E-state index contributed by atoms with van der Waals surface area (Å²) < 4.78 is 0. The molecule has 0 aliphatic carbocycles. The van der Waals surface area contributed by atoms with Crippen LogP contribution in [-0.4, -0.2) is 5.91 Å². The predicted molar refractivity (Wildman–Crippen MR) is 71.0 cm³/mol. The van der Waals surface area contributed by atoms with Crippen LogP contribution in [-0.2, 0) is 10.2 Å². The predicted octanol–water partition coefficient (Wildman–Crippen LogP) is 3.00. The van der Waals surface area contributed by atoms with Crippen LogP contribution in [0.2, 0.25) is 0 Å². The first-order valence-corrected chi connectivity index (χ1v) is 5.91. The van der Waals surface area contributed by atoms with Crippen molar-refractivity contribution >= 4 is 11.6 Å². The van der Waals surface area contributed by atoms with E-state index >= 15 is 0 Å². The summed E-state index contributed by atoms with van der Waals surface area (Å²) in [4.78, 5) is 12.4. The number of amides is 1. The molecule has 1 atom stereocenters. The second kappa shape index (κ2) is 3.99. The topological polar surface area (TPSA) is 52.9 Å². The minimum Gasteiger partial charge on any atom is -0.325 e. The molecule has 3 heteroatoms. The maximum atomic E-state index is 12.4. The van der Waals surface area contributed by atoms with Crippen molar-refractivity contribution in [2.24, 2.45) is 5.41 Å². The number of nitrogens with zero attached hydrogens (tertiary/aromatic N) is 1. The van der Waals surface area contributed by atoms with E-state index in [0.29, 0.717) is 0 Å². The number of para-hydroxylation sites is 1. The lowest BCUT2D eigenvalue weighted by Crippen LogP contribution is -2.46. The van der Waals surface area contributed by atoms with Gasteiger partial charge < -0.3 is 5.32 Å². The number of rotatable bonds is 3. The van der Waals surface area contributed by atoms with Gasteiger partial charge in [-0.15, -0.1) is 6.58 Å². The van der Waals surface area contributed by atoms with E-state index in [1.54, 1.807) is 6.08 Å². The lowest BCUT2D eigenvalue weighted by atomic mass is 9.61. The molecule has 1 amide bonds. The summed E-state index contributed by atoms with van der Waals surface area (Å²) in [7, 11) is 0. The number of carbonyl (C=O) groups excluding carboxylic acids is 1. The zero-order valence-corrected chi connectivity index (χ0v) is 10.7. The van der Waals surface area contributed by atoms with E-state index in [4.69, 9.17) is 5.26 Å². The highest BCUT2D eigenvalue weighted by atomic mass is 16.2. The van der Waals surface area contributed by atoms with Gasteiger partial charge >= 0.3 is 0 Å². The van der Waals surface area contributed by atoms with E-state index in [9.17, 15) is 4.79 Å². The van der Waals surface area contributed by atoms with Crippen molar-refractivity contribution in [1.29, 1.82) is 5.26 Å². The second-order valence-electron chi connectivity index (χ2n) is 5.17. The van der Waals surface area contributed by atoms with Crippen LogP contribution in [0.4, 0.5) is 5.69 Å². The maximum Gasteiger partial charge on any atom is 0.237 e. The average molecular weight is 240 g/mol. The van der Waals surface area contributed by atoms with Crippen LogP contribution in [0.5, 0.6) is 0 Å². The SMILES string of the molecule is C=CC(C)(C)C1(CC#N)C(=O)Nc2ccccc21. The van der Waals surface area contributed by atoms with Gasteiger partial charge in [-0.2, -0.15) is 5.26 Å². The van der Waals surface area contributed by atoms with Crippen LogP contribution in [0.1, 0.15) is 25.8 Å². The number of fused-ring (bicyclic) bond motifs is 1. The molecule has 92 valence electrons. The highest BCUT2D eigenvalue weighted by Crippen LogP contribution is 2.51. The summed E-state index contributed by atoms with van der Waals surface area (Å²) in [5.41, 5.74) is 0.355. The molecule has 3 nitrogen and oxygen atoms in total. The van der Waals surface area contributed by atoms with E-state index in [1.165, 1.54) is 0 Å². The molecule has 1 aliphatic rings. The highest BCUT2D eigenvalue weighted by molar-refractivity contribution is 6.07. The van der Waals surface area contributed by atoms with Crippen molar-refractivity contribution in [3.8, 4) is 6.07 Å². The fourth-order valence-electron chi connectivity index (χ4n) is 2.65. The minimum absolute atomic E-state index is 0.116. The smallest absolute Gasteiger partial charge is 0.237 e. The Kier molecular flexibility index (Phi) is 2.74. The van der Waals surface area contributed by atoms with E-state index in [1.807, 2.05) is 38.1 Å². The molecule has 0 saturated heterocycles. The van der Waals surface area contributed by atoms with Crippen LogP contribution in [0.25, 0.3) is 0 Å². The molecule has 1 N–H and O–H groups in total. The Morgan fingerprint density at radius 1 is 1.50 bits per heavy atom. The number of carbonyl (C=O) groups is 1. The van der Waals surface area contributed by atoms with Gasteiger partial charge in [0.2, 0.25) is 5.91 Å². The first-order valence-electron chi connectivity index (χ1n) is 5.91. The second-order valence-corrected chi connectivity index (χ2v) is 5.17. The third kappa shape index (κ3) is 1.39. The summed E-state index contributed by atoms with van der Waals surface area (Å²) >= 11 is 0. The molecule has 1 unspecified atom stereocenters. The van der Waals surface area contributed by atoms with E-state index in [2.05, 4.69) is 18.0 Å². The third-order valence-corrected chi connectivity index (χ3v) is 3.98. The largest absolute Gasteiger partial charge is 0.325 e. The Labute approximate surface area is 107 Å². The fourth-order valence-corrected chi connectivity index (χ4v) is 2.65. The third-order valence-electron chi connectivity index (χ3n) is 3.98. The van der Waals surface area contributed by atoms with Gasteiger partial charge in [0, 0.05) is 11.1 Å². The number of hydrogen-bond acceptors (Lipinski definition) is 2. The van der Waals surface area contributed by atoms with Crippen LogP contribution in [0.3, 0.4) is 0 Å². The number of hydrogen-bond donors (Lipinski definition) is 1. The zero-order valence-electron chi connectivity index (χ0n) is 10.7. The van der Waals surface area contributed by atoms with Gasteiger partial charge in [0.1, 0.15) is 0 Å². The van der Waals surface area contributed by atoms with Crippen LogP contribution in [0, 0.1) is 16.7 Å². The van der Waals surface area contributed by atoms with Crippen molar-refractivity contribution in [3.63, 3.8) is 0 Å². The molecular weight excluding hydrogens is 224 g/mol. The Morgan fingerprint density at radius 3 is 2.78 bits per heavy atom. The van der Waals surface area contributed by atoms with Gasteiger partial charge in [0.15, 0.2) is 0 Å². The summed E-state index contributed by atoms with van der Waals surface area (Å²) in [6.07, 6.45) is 1.90. The van der Waals surface area contributed by atoms with Gasteiger partial charge in [-0.25, -0.2) is 0 Å². The number of nitrogens with one attached hydrogen (secondary N) is 1. The Hall–Kier alpha value is -2.08. The molecule has 0 saturated carbocycles. The maximum absolute atomic E-state index is 12.4. The van der Waals surface area contributed by atoms with E-state index in [-0.39, 0.29) is 12.3 Å². The molecule has 18 heavy (non-hydrogen) atoms. The first kappa shape index (κ1) is 12.4. The molecule has 0 spiro atoms. The Bertz CT molecular complexity index is 554. The Balaban J connectivity index is 2.73. The van der Waals surface area contributed by atoms with Crippen LogP contribution < -0.4 is 5.32 Å². The lowest BCUT2D eigenvalue weighted by Gasteiger charge is -2.39. The summed E-state index contributed by atoms with van der Waals surface area (Å²) in [6, 6.07) is 9.70. The average Bonchev–Trinajstić information content (AvgIpc) is 2.64. The van der Waals surface area contributed by atoms with Gasteiger partial charge in [-0.1, -0.05) is 38.1 Å². The number of anilines is 1.